The van der Waals surface area contributed by atoms with Crippen molar-refractivity contribution in [3.05, 3.63) is 39.0 Å². The van der Waals surface area contributed by atoms with Crippen LogP contribution in [0.2, 0.25) is 0 Å². The zero-order valence-electron chi connectivity index (χ0n) is 6.25. The predicted octanol–water partition coefficient (Wildman–Crippen LogP) is 2.82. The van der Waals surface area contributed by atoms with Gasteiger partial charge >= 0.3 is 0 Å². The molecule has 2 nitrogen and oxygen atoms in total. The van der Waals surface area contributed by atoms with E-state index in [1.807, 2.05) is 6.20 Å². The molecule has 2 aromatic heterocycles. The van der Waals surface area contributed by atoms with Crippen LogP contribution in [-0.4, -0.2) is 9.97 Å². The molecule has 4 heteroatoms. The Kier molecular flexibility index (Phi) is 2.28. The van der Waals surface area contributed by atoms with Gasteiger partial charge < -0.3 is 4.98 Å². The monoisotopic (exact) mass is 242 g/mol. The van der Waals surface area contributed by atoms with Gasteiger partial charge in [0, 0.05) is 23.2 Å². The van der Waals surface area contributed by atoms with Gasteiger partial charge in [-0.2, -0.15) is 0 Å². The molecule has 0 saturated heterocycles. The largest absolute Gasteiger partial charge is 0.336 e. The topological polar surface area (TPSA) is 28.7 Å². The molecule has 0 atom stereocenters. The number of aromatic nitrogens is 2. The number of hydrogen-bond acceptors (Lipinski definition) is 2. The summed E-state index contributed by atoms with van der Waals surface area (Å²) in [6, 6.07) is 4.19. The lowest BCUT2D eigenvalue weighted by atomic mass is 10.3. The highest BCUT2D eigenvalue weighted by Gasteiger charge is 1.99. The minimum Gasteiger partial charge on any atom is -0.336 e. The minimum atomic E-state index is 0.800. The number of nitrogens with one attached hydrogen (secondary N) is 1. The molecule has 0 unspecified atom stereocenters. The molecule has 0 aliphatic heterocycles. The number of aromatic amines is 1. The van der Waals surface area contributed by atoms with E-state index in [1.54, 1.807) is 11.3 Å². The van der Waals surface area contributed by atoms with Crippen LogP contribution in [0.4, 0.5) is 0 Å². The Morgan fingerprint density at radius 1 is 1.58 bits per heavy atom. The van der Waals surface area contributed by atoms with E-state index in [1.165, 1.54) is 4.88 Å². The summed E-state index contributed by atoms with van der Waals surface area (Å²) in [5.74, 6) is 0. The van der Waals surface area contributed by atoms with Crippen LogP contribution in [0.3, 0.4) is 0 Å². The first-order valence-corrected chi connectivity index (χ1v) is 5.23. The van der Waals surface area contributed by atoms with Crippen molar-refractivity contribution in [2.24, 2.45) is 0 Å². The summed E-state index contributed by atoms with van der Waals surface area (Å²) in [7, 11) is 0. The van der Waals surface area contributed by atoms with E-state index in [-0.39, 0.29) is 0 Å². The summed E-state index contributed by atoms with van der Waals surface area (Å²) in [5, 5.41) is 2.08. The summed E-state index contributed by atoms with van der Waals surface area (Å²) < 4.78 is 0.800. The molecule has 2 heterocycles. The van der Waals surface area contributed by atoms with Crippen LogP contribution in [0.5, 0.6) is 0 Å². The third kappa shape index (κ3) is 1.76. The molecule has 0 fully saturated rings. The molecular weight excluding hydrogens is 236 g/mol. The second kappa shape index (κ2) is 3.41. The van der Waals surface area contributed by atoms with Gasteiger partial charge in [-0.05, 0) is 27.4 Å². The fraction of sp³-hybridized carbons (Fsp3) is 0.125. The van der Waals surface area contributed by atoms with Crippen LogP contribution in [0.25, 0.3) is 0 Å². The van der Waals surface area contributed by atoms with E-state index in [2.05, 4.69) is 43.4 Å². The minimum absolute atomic E-state index is 0.800. The van der Waals surface area contributed by atoms with Crippen molar-refractivity contribution in [1.29, 1.82) is 0 Å². The average molecular weight is 243 g/mol. The molecule has 0 saturated carbocycles. The molecule has 0 radical (unpaired) electrons. The molecule has 1 N–H and O–H groups in total. The third-order valence-electron chi connectivity index (χ3n) is 1.54. The van der Waals surface area contributed by atoms with Crippen molar-refractivity contribution in [2.75, 3.05) is 0 Å². The first-order valence-electron chi connectivity index (χ1n) is 3.56. The molecule has 2 aromatic rings. The summed E-state index contributed by atoms with van der Waals surface area (Å²) in [6.07, 6.45) is 2.79. The van der Waals surface area contributed by atoms with E-state index in [0.717, 1.165) is 16.8 Å². The smallest absolute Gasteiger partial charge is 0.174 e. The Labute approximate surface area is 82.8 Å². The van der Waals surface area contributed by atoms with Crippen molar-refractivity contribution in [3.63, 3.8) is 0 Å². The Bertz CT molecular complexity index is 353. The van der Waals surface area contributed by atoms with Crippen LogP contribution >= 0.6 is 27.3 Å². The highest BCUT2D eigenvalue weighted by Crippen LogP contribution is 2.14. The lowest BCUT2D eigenvalue weighted by Gasteiger charge is -1.90. The molecule has 2 rings (SSSR count). The Balaban J connectivity index is 2.14. The predicted molar refractivity (Wildman–Crippen MR) is 53.4 cm³/mol. The fourth-order valence-corrected chi connectivity index (χ4v) is 2.11. The van der Waals surface area contributed by atoms with Gasteiger partial charge in [0.25, 0.3) is 0 Å². The number of imidazole rings is 1. The highest BCUT2D eigenvalue weighted by atomic mass is 79.9. The number of hydrogen-bond donors (Lipinski definition) is 1. The standard InChI is InChI=1S/C8H7BrN2S/c9-8-10-5-6(11-8)4-7-2-1-3-12-7/h1-3,5H,4H2,(H,10,11). The van der Waals surface area contributed by atoms with Crippen LogP contribution < -0.4 is 0 Å². The average Bonchev–Trinajstić information content (AvgIpc) is 2.63. The van der Waals surface area contributed by atoms with Crippen molar-refractivity contribution in [2.45, 2.75) is 6.42 Å². The fourth-order valence-electron chi connectivity index (χ4n) is 1.02. The summed E-state index contributed by atoms with van der Waals surface area (Å²) >= 11 is 5.04. The van der Waals surface area contributed by atoms with Gasteiger partial charge in [0.15, 0.2) is 4.73 Å². The Morgan fingerprint density at radius 3 is 3.08 bits per heavy atom. The van der Waals surface area contributed by atoms with Gasteiger partial charge in [-0.25, -0.2) is 4.98 Å². The summed E-state index contributed by atoms with van der Waals surface area (Å²) in [6.45, 7) is 0. The lowest BCUT2D eigenvalue weighted by molar-refractivity contribution is 1.12. The van der Waals surface area contributed by atoms with Crippen molar-refractivity contribution in [1.82, 2.24) is 9.97 Å². The van der Waals surface area contributed by atoms with E-state index >= 15 is 0 Å². The maximum absolute atomic E-state index is 4.06. The Morgan fingerprint density at radius 2 is 2.50 bits per heavy atom. The van der Waals surface area contributed by atoms with E-state index < -0.39 is 0 Å². The van der Waals surface area contributed by atoms with Crippen molar-refractivity contribution in [3.8, 4) is 0 Å². The van der Waals surface area contributed by atoms with Crippen LogP contribution in [0.1, 0.15) is 10.6 Å². The normalized spacial score (nSPS) is 10.4. The van der Waals surface area contributed by atoms with Gasteiger partial charge in [0.1, 0.15) is 0 Å². The molecule has 0 amide bonds. The van der Waals surface area contributed by atoms with Gasteiger partial charge in [0.05, 0.1) is 0 Å². The number of thiophene rings is 1. The first kappa shape index (κ1) is 8.01. The number of rotatable bonds is 2. The summed E-state index contributed by atoms with van der Waals surface area (Å²) in [4.78, 5) is 8.54. The molecule has 0 aliphatic carbocycles. The first-order chi connectivity index (χ1) is 5.84. The zero-order valence-corrected chi connectivity index (χ0v) is 8.65. The molecule has 0 aliphatic rings. The molecule has 12 heavy (non-hydrogen) atoms. The second-order valence-electron chi connectivity index (χ2n) is 2.46. The van der Waals surface area contributed by atoms with Crippen LogP contribution in [-0.2, 0) is 6.42 Å². The van der Waals surface area contributed by atoms with E-state index in [9.17, 15) is 0 Å². The SMILES string of the molecule is Brc1ncc(Cc2cccs2)[nH]1. The molecule has 62 valence electrons. The maximum atomic E-state index is 4.06. The Hall–Kier alpha value is -0.610. The molecular formula is C8H7BrN2S. The van der Waals surface area contributed by atoms with Gasteiger partial charge in [-0.3, -0.25) is 0 Å². The van der Waals surface area contributed by atoms with Gasteiger partial charge in [-0.15, -0.1) is 11.3 Å². The van der Waals surface area contributed by atoms with Crippen LogP contribution in [0.15, 0.2) is 28.4 Å². The molecule has 0 aromatic carbocycles. The van der Waals surface area contributed by atoms with E-state index in [0.29, 0.717) is 0 Å². The molecule has 0 bridgehead atoms. The highest BCUT2D eigenvalue weighted by molar-refractivity contribution is 9.10. The van der Waals surface area contributed by atoms with Crippen molar-refractivity contribution >= 4 is 27.3 Å². The second-order valence-corrected chi connectivity index (χ2v) is 4.24. The van der Waals surface area contributed by atoms with E-state index in [4.69, 9.17) is 0 Å². The van der Waals surface area contributed by atoms with Crippen LogP contribution in [0, 0.1) is 0 Å². The number of H-pyrrole nitrogens is 1. The lowest BCUT2D eigenvalue weighted by Crippen LogP contribution is -1.82. The quantitative estimate of drug-likeness (QED) is 0.863. The number of halogens is 1. The maximum Gasteiger partial charge on any atom is 0.174 e. The van der Waals surface area contributed by atoms with Gasteiger partial charge in [0.2, 0.25) is 0 Å². The summed E-state index contributed by atoms with van der Waals surface area (Å²) in [5.41, 5.74) is 1.14. The third-order valence-corrected chi connectivity index (χ3v) is 2.82. The molecule has 0 spiro atoms. The van der Waals surface area contributed by atoms with Crippen molar-refractivity contribution < 1.29 is 0 Å². The number of nitrogens with zero attached hydrogens (tertiary/aromatic N) is 1. The zero-order chi connectivity index (χ0) is 8.39. The van der Waals surface area contributed by atoms with Gasteiger partial charge in [-0.1, -0.05) is 6.07 Å².